The lowest BCUT2D eigenvalue weighted by molar-refractivity contribution is 0.0952. The molecular formula is C21H30FN5O3. The van der Waals surface area contributed by atoms with Crippen LogP contribution in [0.3, 0.4) is 0 Å². The number of para-hydroxylation sites is 1. The van der Waals surface area contributed by atoms with Gasteiger partial charge < -0.3 is 19.1 Å². The molecule has 9 heteroatoms. The van der Waals surface area contributed by atoms with Crippen molar-refractivity contribution in [1.82, 2.24) is 19.7 Å². The third-order valence-corrected chi connectivity index (χ3v) is 5.68. The molecule has 2 aliphatic heterocycles. The number of hydrogen-bond acceptors (Lipinski definition) is 7. The van der Waals surface area contributed by atoms with Gasteiger partial charge in [-0.3, -0.25) is 9.47 Å². The average molecular weight is 420 g/mol. The monoisotopic (exact) mass is 419 g/mol. The van der Waals surface area contributed by atoms with Gasteiger partial charge in [0.05, 0.1) is 19.3 Å². The fourth-order valence-corrected chi connectivity index (χ4v) is 3.94. The maximum Gasteiger partial charge on any atom is 0.227 e. The molecule has 0 amide bonds. The van der Waals surface area contributed by atoms with Gasteiger partial charge in [0.25, 0.3) is 0 Å². The van der Waals surface area contributed by atoms with Gasteiger partial charge in [-0.2, -0.15) is 0 Å². The van der Waals surface area contributed by atoms with Crippen molar-refractivity contribution in [3.8, 4) is 5.75 Å². The van der Waals surface area contributed by atoms with Gasteiger partial charge in [0, 0.05) is 46.4 Å². The molecule has 1 aromatic carbocycles. The lowest BCUT2D eigenvalue weighted by Crippen LogP contribution is -2.48. The Kier molecular flexibility index (Phi) is 7.14. The molecule has 4 rings (SSSR count). The second kappa shape index (κ2) is 10.2. The number of anilines is 1. The summed E-state index contributed by atoms with van der Waals surface area (Å²) >= 11 is 0. The van der Waals surface area contributed by atoms with Gasteiger partial charge in [-0.25, -0.2) is 4.39 Å². The first-order valence-electron chi connectivity index (χ1n) is 10.6. The molecule has 0 saturated carbocycles. The van der Waals surface area contributed by atoms with E-state index in [0.29, 0.717) is 12.4 Å². The van der Waals surface area contributed by atoms with Crippen LogP contribution < -0.4 is 9.64 Å². The van der Waals surface area contributed by atoms with E-state index in [4.69, 9.17) is 14.2 Å². The van der Waals surface area contributed by atoms with Gasteiger partial charge in [0.15, 0.2) is 17.4 Å². The number of nitrogens with zero attached hydrogens (tertiary/aromatic N) is 5. The van der Waals surface area contributed by atoms with E-state index in [1.807, 2.05) is 0 Å². The average Bonchev–Trinajstić information content (AvgIpc) is 3.43. The molecule has 0 unspecified atom stereocenters. The Labute approximate surface area is 176 Å². The molecule has 0 bridgehead atoms. The van der Waals surface area contributed by atoms with Crippen LogP contribution in [0.5, 0.6) is 5.75 Å². The number of benzene rings is 1. The normalized spacial score (nSPS) is 20.1. The highest BCUT2D eigenvalue weighted by Crippen LogP contribution is 2.23. The number of methoxy groups -OCH3 is 1. The number of rotatable bonds is 9. The van der Waals surface area contributed by atoms with Crippen LogP contribution in [-0.4, -0.2) is 78.8 Å². The summed E-state index contributed by atoms with van der Waals surface area (Å²) < 4.78 is 32.8. The van der Waals surface area contributed by atoms with Crippen LogP contribution in [0, 0.1) is 5.82 Å². The van der Waals surface area contributed by atoms with Crippen molar-refractivity contribution in [3.63, 3.8) is 0 Å². The second-order valence-corrected chi connectivity index (χ2v) is 7.70. The first-order valence-corrected chi connectivity index (χ1v) is 10.6. The summed E-state index contributed by atoms with van der Waals surface area (Å²) in [5, 5.41) is 8.85. The lowest BCUT2D eigenvalue weighted by atomic mass is 10.2. The van der Waals surface area contributed by atoms with E-state index in [-0.39, 0.29) is 24.3 Å². The minimum atomic E-state index is -0.380. The molecule has 0 N–H and O–H groups in total. The SMILES string of the molecule is COCCN1CCN(c2nnc(COc3ccccc3F)n2C[C@@H]2CCCO2)CC1. The van der Waals surface area contributed by atoms with E-state index >= 15 is 0 Å². The van der Waals surface area contributed by atoms with Crippen molar-refractivity contribution in [3.05, 3.63) is 35.9 Å². The van der Waals surface area contributed by atoms with Crippen LogP contribution in [0.25, 0.3) is 0 Å². The fraction of sp³-hybridized carbons (Fsp3) is 0.619. The van der Waals surface area contributed by atoms with E-state index < -0.39 is 0 Å². The second-order valence-electron chi connectivity index (χ2n) is 7.70. The molecular weight excluding hydrogens is 389 g/mol. The topological polar surface area (TPSA) is 64.9 Å². The van der Waals surface area contributed by atoms with Crippen LogP contribution in [0.1, 0.15) is 18.7 Å². The zero-order valence-corrected chi connectivity index (χ0v) is 17.5. The quantitative estimate of drug-likeness (QED) is 0.616. The Bertz CT molecular complexity index is 804. The van der Waals surface area contributed by atoms with Crippen LogP contribution in [-0.2, 0) is 22.6 Å². The van der Waals surface area contributed by atoms with E-state index in [0.717, 1.165) is 64.7 Å². The maximum atomic E-state index is 13.9. The van der Waals surface area contributed by atoms with Gasteiger partial charge in [0.1, 0.15) is 6.61 Å². The Morgan fingerprint density at radius 2 is 2.00 bits per heavy atom. The van der Waals surface area contributed by atoms with Crippen LogP contribution in [0.15, 0.2) is 24.3 Å². The Balaban J connectivity index is 1.47. The molecule has 0 radical (unpaired) electrons. The Morgan fingerprint density at radius 1 is 1.17 bits per heavy atom. The van der Waals surface area contributed by atoms with Crippen molar-refractivity contribution < 1.29 is 18.6 Å². The Hall–Kier alpha value is -2.23. The third-order valence-electron chi connectivity index (χ3n) is 5.68. The molecule has 30 heavy (non-hydrogen) atoms. The van der Waals surface area contributed by atoms with Gasteiger partial charge in [-0.15, -0.1) is 10.2 Å². The highest BCUT2D eigenvalue weighted by atomic mass is 19.1. The number of ether oxygens (including phenoxy) is 3. The van der Waals surface area contributed by atoms with E-state index in [1.165, 1.54) is 6.07 Å². The van der Waals surface area contributed by atoms with Crippen molar-refractivity contribution >= 4 is 5.95 Å². The smallest absolute Gasteiger partial charge is 0.227 e. The van der Waals surface area contributed by atoms with Crippen molar-refractivity contribution in [2.45, 2.75) is 32.1 Å². The summed E-state index contributed by atoms with van der Waals surface area (Å²) in [5.41, 5.74) is 0. The van der Waals surface area contributed by atoms with Gasteiger partial charge >= 0.3 is 0 Å². The summed E-state index contributed by atoms with van der Waals surface area (Å²) in [6.07, 6.45) is 2.24. The largest absolute Gasteiger partial charge is 0.483 e. The predicted molar refractivity (Wildman–Crippen MR) is 110 cm³/mol. The summed E-state index contributed by atoms with van der Waals surface area (Å²) in [7, 11) is 1.73. The van der Waals surface area contributed by atoms with Crippen LogP contribution in [0.2, 0.25) is 0 Å². The van der Waals surface area contributed by atoms with Crippen molar-refractivity contribution in [2.24, 2.45) is 0 Å². The minimum Gasteiger partial charge on any atom is -0.483 e. The van der Waals surface area contributed by atoms with E-state index in [2.05, 4.69) is 24.6 Å². The number of hydrogen-bond donors (Lipinski definition) is 0. The molecule has 8 nitrogen and oxygen atoms in total. The van der Waals surface area contributed by atoms with Crippen LogP contribution in [0.4, 0.5) is 10.3 Å². The number of piperazine rings is 1. The lowest BCUT2D eigenvalue weighted by Gasteiger charge is -2.35. The molecule has 1 atom stereocenters. The molecule has 164 valence electrons. The van der Waals surface area contributed by atoms with E-state index in [1.54, 1.807) is 25.3 Å². The first kappa shape index (κ1) is 21.0. The maximum absolute atomic E-state index is 13.9. The highest BCUT2D eigenvalue weighted by Gasteiger charge is 2.26. The fourth-order valence-electron chi connectivity index (χ4n) is 3.94. The van der Waals surface area contributed by atoms with E-state index in [9.17, 15) is 4.39 Å². The van der Waals surface area contributed by atoms with Crippen molar-refractivity contribution in [2.75, 3.05) is 57.9 Å². The summed E-state index contributed by atoms with van der Waals surface area (Å²) in [6, 6.07) is 6.41. The summed E-state index contributed by atoms with van der Waals surface area (Å²) in [5.74, 6) is 1.36. The molecule has 3 heterocycles. The predicted octanol–water partition coefficient (Wildman–Crippen LogP) is 1.94. The number of aromatic nitrogens is 3. The zero-order chi connectivity index (χ0) is 20.8. The third kappa shape index (κ3) is 5.08. The van der Waals surface area contributed by atoms with Gasteiger partial charge in [-0.05, 0) is 25.0 Å². The van der Waals surface area contributed by atoms with Gasteiger partial charge in [-0.1, -0.05) is 12.1 Å². The number of halogens is 1. The minimum absolute atomic E-state index is 0.148. The molecule has 2 saturated heterocycles. The van der Waals surface area contributed by atoms with Gasteiger partial charge in [0.2, 0.25) is 5.95 Å². The molecule has 2 aromatic rings. The first-order chi connectivity index (χ1) is 14.7. The molecule has 2 fully saturated rings. The summed E-state index contributed by atoms with van der Waals surface area (Å²) in [6.45, 7) is 6.98. The summed E-state index contributed by atoms with van der Waals surface area (Å²) in [4.78, 5) is 4.65. The van der Waals surface area contributed by atoms with Crippen molar-refractivity contribution in [1.29, 1.82) is 0 Å². The standard InChI is InChI=1S/C21H30FN5O3/c1-28-14-12-25-8-10-26(11-9-25)21-24-23-20(27(21)15-17-5-4-13-29-17)16-30-19-7-3-2-6-18(19)22/h2-3,6-7,17H,4-5,8-16H2,1H3/t17-/m0/s1. The molecule has 1 aromatic heterocycles. The molecule has 0 aliphatic carbocycles. The molecule has 2 aliphatic rings. The Morgan fingerprint density at radius 3 is 2.73 bits per heavy atom. The zero-order valence-electron chi connectivity index (χ0n) is 17.5. The molecule has 0 spiro atoms. The van der Waals surface area contributed by atoms with Crippen LogP contribution >= 0.6 is 0 Å². The highest BCUT2D eigenvalue weighted by molar-refractivity contribution is 5.32.